The molecule has 3 aromatic carbocycles. The number of hydrogen-bond donors (Lipinski definition) is 0. The quantitative estimate of drug-likeness (QED) is 0.0277. The molecule has 7 nitrogen and oxygen atoms in total. The van der Waals surface area contributed by atoms with Crippen LogP contribution in [0.15, 0.2) is 48.5 Å². The molecule has 0 aliphatic carbocycles. The Morgan fingerprint density at radius 2 is 0.833 bits per heavy atom. The fourth-order valence-electron chi connectivity index (χ4n) is 8.73. The van der Waals surface area contributed by atoms with Gasteiger partial charge in [-0.2, -0.15) is 79.0 Å². The Morgan fingerprint density at radius 1 is 0.444 bits per heavy atom. The number of unbranched alkanes of at least 4 members (excludes halogenated alkanes) is 4. The van der Waals surface area contributed by atoms with Crippen LogP contribution in [0.1, 0.15) is 139 Å². The molecular formula is C46H55BF18NO6+. The third-order valence-corrected chi connectivity index (χ3v) is 11.5. The molecule has 3 atom stereocenters. The van der Waals surface area contributed by atoms with E-state index >= 15 is 13.2 Å². The van der Waals surface area contributed by atoms with E-state index < -0.39 is 148 Å². The smallest absolute Gasteiger partial charge is 0.490 e. The number of nitrogens with zero attached hydrogens (tertiary/aromatic N) is 1. The topological polar surface area (TPSA) is 55.4 Å². The van der Waals surface area contributed by atoms with Crippen molar-refractivity contribution in [1.29, 1.82) is 0 Å². The molecule has 26 heteroatoms. The molecular weight excluding hydrogens is 1020 g/mol. The summed E-state index contributed by atoms with van der Waals surface area (Å²) in [5, 5.41) is 0. The van der Waals surface area contributed by atoms with E-state index in [0.29, 0.717) is 19.3 Å². The van der Waals surface area contributed by atoms with E-state index in [1.165, 1.54) is 27.7 Å². The molecule has 0 aliphatic rings. The minimum Gasteiger partial charge on any atom is -0.490 e. The van der Waals surface area contributed by atoms with Crippen LogP contribution in [0.25, 0.3) is 0 Å². The van der Waals surface area contributed by atoms with Crippen LogP contribution in [0, 0.1) is 0 Å². The van der Waals surface area contributed by atoms with Crippen LogP contribution in [0.4, 0.5) is 79.0 Å². The summed E-state index contributed by atoms with van der Waals surface area (Å²) in [6.45, 7) is 9.74. The highest BCUT2D eigenvalue weighted by Gasteiger charge is 2.64. The van der Waals surface area contributed by atoms with Gasteiger partial charge in [0.2, 0.25) is 5.72 Å². The lowest BCUT2D eigenvalue weighted by molar-refractivity contribution is -1.08. The van der Waals surface area contributed by atoms with E-state index in [4.69, 9.17) is 28.2 Å². The Bertz CT molecular complexity index is 2040. The first-order valence-corrected chi connectivity index (χ1v) is 22.8. The number of halogens is 18. The molecule has 0 amide bonds. The summed E-state index contributed by atoms with van der Waals surface area (Å²) in [7, 11) is -3.42. The summed E-state index contributed by atoms with van der Waals surface area (Å²) < 4.78 is 296. The van der Waals surface area contributed by atoms with Crippen molar-refractivity contribution in [1.82, 2.24) is 0 Å². The van der Waals surface area contributed by atoms with Crippen LogP contribution in [0.2, 0.25) is 0 Å². The number of quaternary nitrogens is 1. The van der Waals surface area contributed by atoms with Gasteiger partial charge in [0.05, 0.1) is 65.3 Å². The first-order valence-electron chi connectivity index (χ1n) is 22.8. The third-order valence-electron chi connectivity index (χ3n) is 11.5. The van der Waals surface area contributed by atoms with E-state index in [9.17, 15) is 65.9 Å². The van der Waals surface area contributed by atoms with Crippen LogP contribution < -0.4 is 14.0 Å². The van der Waals surface area contributed by atoms with E-state index in [1.54, 1.807) is 13.8 Å². The molecule has 408 valence electrons. The van der Waals surface area contributed by atoms with Gasteiger partial charge >= 0.3 is 44.4 Å². The van der Waals surface area contributed by atoms with Crippen LogP contribution in [-0.2, 0) is 57.0 Å². The van der Waals surface area contributed by atoms with Crippen LogP contribution in [0.3, 0.4) is 0 Å². The maximum absolute atomic E-state index is 16.0. The second-order valence-electron chi connectivity index (χ2n) is 16.3. The molecule has 3 rings (SSSR count). The summed E-state index contributed by atoms with van der Waals surface area (Å²) in [5.74, 6) is -4.92. The zero-order chi connectivity index (χ0) is 54.9. The standard InChI is InChI=1S/C46H55BF18NO6/c1-8-15-16-17-18-19-66(37(9-2)67-12-5,38(10-3)68-13-6)40(11-4,69-14-7)39-35(46(63,64)65)26-32(45(60,61)62)27-36(39)72-47(70-33-22-28(41(48,49)50)20-29(23-33)42(51,52)53)71-34-24-30(43(54,55)56)21-31(25-34)44(57,58)59/h20-27,37-38H,8-19H2,1-7H3/q+1. The first-order chi connectivity index (χ1) is 33.1. The van der Waals surface area contributed by atoms with Crippen molar-refractivity contribution in [2.75, 3.05) is 26.4 Å². The van der Waals surface area contributed by atoms with Crippen molar-refractivity contribution in [3.63, 3.8) is 0 Å². The molecule has 0 saturated carbocycles. The van der Waals surface area contributed by atoms with Crippen LogP contribution in [0.5, 0.6) is 17.2 Å². The number of rotatable bonds is 25. The minimum atomic E-state index is -5.85. The average molecular weight is 1070 g/mol. The van der Waals surface area contributed by atoms with Crippen molar-refractivity contribution in [2.24, 2.45) is 0 Å². The molecule has 0 radical (unpaired) electrons. The Kier molecular flexibility index (Phi) is 21.0. The molecule has 0 aromatic heterocycles. The normalized spacial score (nSPS) is 15.7. The van der Waals surface area contributed by atoms with Gasteiger partial charge in [-0.1, -0.05) is 47.0 Å². The molecule has 3 aromatic rings. The van der Waals surface area contributed by atoms with Crippen molar-refractivity contribution < 1.29 is 112 Å². The van der Waals surface area contributed by atoms with Gasteiger partial charge in [0, 0.05) is 19.3 Å². The van der Waals surface area contributed by atoms with Gasteiger partial charge in [0.25, 0.3) is 0 Å². The SMILES string of the molecule is CCCCCCC[N+](C(CC)OCC)(C(CC)OCC)C(CC)(OCC)c1c(OB(Oc2cc(C(F)(F)F)cc(C(F)(F)F)c2)Oc2cc(C(F)(F)F)cc(C(F)(F)F)c2)cc(C(F)(F)F)cc1C(F)(F)F. The lowest BCUT2D eigenvalue weighted by atomic mass is 9.85. The molecule has 3 unspecified atom stereocenters. The molecule has 0 N–H and O–H groups in total. The zero-order valence-corrected chi connectivity index (χ0v) is 40.0. The molecule has 0 heterocycles. The van der Waals surface area contributed by atoms with E-state index in [0.717, 1.165) is 6.42 Å². The lowest BCUT2D eigenvalue weighted by Crippen LogP contribution is -2.74. The van der Waals surface area contributed by atoms with Crippen molar-refractivity contribution in [3.05, 3.63) is 87.5 Å². The third kappa shape index (κ3) is 14.9. The predicted octanol–water partition coefficient (Wildman–Crippen LogP) is 16.3. The van der Waals surface area contributed by atoms with Crippen LogP contribution in [-0.4, -0.2) is 50.6 Å². The fraction of sp³-hybridized carbons (Fsp3) is 0.609. The van der Waals surface area contributed by atoms with Crippen molar-refractivity contribution in [3.8, 4) is 17.2 Å². The first kappa shape index (κ1) is 62.0. The predicted molar refractivity (Wildman–Crippen MR) is 226 cm³/mol. The van der Waals surface area contributed by atoms with Crippen molar-refractivity contribution in [2.45, 2.75) is 155 Å². The Hall–Kier alpha value is -4.30. The van der Waals surface area contributed by atoms with Gasteiger partial charge in [0.1, 0.15) is 17.2 Å². The van der Waals surface area contributed by atoms with Gasteiger partial charge < -0.3 is 28.2 Å². The Labute approximate surface area is 404 Å². The monoisotopic (exact) mass is 1070 g/mol. The summed E-state index contributed by atoms with van der Waals surface area (Å²) in [4.78, 5) is 0. The molecule has 0 fully saturated rings. The average Bonchev–Trinajstić information content (AvgIpc) is 3.26. The molecule has 72 heavy (non-hydrogen) atoms. The van der Waals surface area contributed by atoms with E-state index in [-0.39, 0.29) is 75.4 Å². The highest BCUT2D eigenvalue weighted by atomic mass is 19.4. The molecule has 0 aliphatic heterocycles. The van der Waals surface area contributed by atoms with Gasteiger partial charge in [-0.25, -0.2) is 4.48 Å². The van der Waals surface area contributed by atoms with Gasteiger partial charge in [-0.3, -0.25) is 0 Å². The largest absolute Gasteiger partial charge is 0.864 e. The number of ether oxygens (including phenoxy) is 3. The number of alkyl halides is 18. The van der Waals surface area contributed by atoms with Gasteiger partial charge in [-0.15, -0.1) is 0 Å². The second kappa shape index (κ2) is 24.4. The lowest BCUT2D eigenvalue weighted by Gasteiger charge is -2.59. The molecule has 0 saturated heterocycles. The zero-order valence-electron chi connectivity index (χ0n) is 40.0. The second-order valence-corrected chi connectivity index (χ2v) is 16.3. The maximum atomic E-state index is 16.0. The summed E-state index contributed by atoms with van der Waals surface area (Å²) in [6.07, 6.45) is -34.8. The Morgan fingerprint density at radius 3 is 1.15 bits per heavy atom. The van der Waals surface area contributed by atoms with Crippen LogP contribution >= 0.6 is 0 Å². The van der Waals surface area contributed by atoms with E-state index in [2.05, 4.69) is 0 Å². The highest BCUT2D eigenvalue weighted by molar-refractivity contribution is 6.39. The molecule has 0 spiro atoms. The van der Waals surface area contributed by atoms with Crippen molar-refractivity contribution >= 4 is 7.32 Å². The fourth-order valence-corrected chi connectivity index (χ4v) is 8.73. The summed E-state index contributed by atoms with van der Waals surface area (Å²) in [5.41, 5.74) is -16.9. The number of hydrogen-bond acceptors (Lipinski definition) is 6. The maximum Gasteiger partial charge on any atom is 0.864 e. The van der Waals surface area contributed by atoms with E-state index in [1.807, 2.05) is 6.92 Å². The number of benzene rings is 3. The minimum absolute atomic E-state index is 0.0532. The van der Waals surface area contributed by atoms with Gasteiger partial charge in [-0.05, 0) is 82.1 Å². The van der Waals surface area contributed by atoms with Gasteiger partial charge in [0.15, 0.2) is 12.5 Å². The Balaban J connectivity index is 2.78. The highest BCUT2D eigenvalue weighted by Crippen LogP contribution is 2.55. The summed E-state index contributed by atoms with van der Waals surface area (Å²) in [6, 6.07) is -1.92. The molecule has 0 bridgehead atoms. The summed E-state index contributed by atoms with van der Waals surface area (Å²) >= 11 is 0.